The number of para-hydroxylation sites is 2. The lowest BCUT2D eigenvalue weighted by atomic mass is 10.1. The molecule has 0 saturated heterocycles. The van der Waals surface area contributed by atoms with E-state index in [-0.39, 0.29) is 11.6 Å². The Hall–Kier alpha value is -2.82. The summed E-state index contributed by atoms with van der Waals surface area (Å²) in [5.41, 5.74) is 0.717. The van der Waals surface area contributed by atoms with Gasteiger partial charge >= 0.3 is 0 Å². The number of carbonyl (C=O) groups excluding carboxylic acids is 1. The maximum absolute atomic E-state index is 11.9. The zero-order valence-electron chi connectivity index (χ0n) is 13.9. The van der Waals surface area contributed by atoms with E-state index in [9.17, 15) is 4.79 Å². The van der Waals surface area contributed by atoms with E-state index in [0.29, 0.717) is 17.1 Å². The van der Waals surface area contributed by atoms with E-state index >= 15 is 0 Å². The maximum atomic E-state index is 11.9. The number of likely N-dealkylation sites (N-methyl/N-ethyl adjacent to an activating group) is 1. The number of hydrogen-bond acceptors (Lipinski definition) is 4. The van der Waals surface area contributed by atoms with Gasteiger partial charge in [-0.25, -0.2) is 0 Å². The van der Waals surface area contributed by atoms with Crippen LogP contribution < -0.4 is 10.1 Å². The third-order valence-electron chi connectivity index (χ3n) is 2.74. The van der Waals surface area contributed by atoms with Crippen LogP contribution >= 0.6 is 0 Å². The molecule has 2 aromatic carbocycles. The quantitative estimate of drug-likeness (QED) is 0.677. The first kappa shape index (κ1) is 18.2. The average molecular weight is 314 g/mol. The lowest BCUT2D eigenvalue weighted by molar-refractivity contribution is -0.114. The van der Waals surface area contributed by atoms with Crippen LogP contribution in [0.25, 0.3) is 0 Å². The fourth-order valence-corrected chi connectivity index (χ4v) is 1.79. The molecule has 0 unspecified atom stereocenters. The standard InChI is InChI=1S/C16H16N2O3.C2H6/c1-17-16(19)15(18-20-2)13-10-6-7-11-14(13)21-12-8-4-3-5-9-12;1-2/h3-11H,1-2H3,(H,17,19);1-2H3/b18-15+;. The molecular weight excluding hydrogens is 292 g/mol. The fraction of sp³-hybridized carbons (Fsp3) is 0.222. The van der Waals surface area contributed by atoms with E-state index in [2.05, 4.69) is 10.5 Å². The summed E-state index contributed by atoms with van der Waals surface area (Å²) in [4.78, 5) is 16.7. The van der Waals surface area contributed by atoms with Crippen LogP contribution in [0, 0.1) is 0 Å². The van der Waals surface area contributed by atoms with Gasteiger partial charge in [-0.2, -0.15) is 0 Å². The maximum Gasteiger partial charge on any atom is 0.273 e. The van der Waals surface area contributed by atoms with E-state index in [1.165, 1.54) is 14.2 Å². The van der Waals surface area contributed by atoms with E-state index in [1.807, 2.05) is 50.2 Å². The molecule has 1 N–H and O–H groups in total. The number of hydrogen-bond donors (Lipinski definition) is 1. The van der Waals surface area contributed by atoms with Crippen molar-refractivity contribution in [3.63, 3.8) is 0 Å². The van der Waals surface area contributed by atoms with Crippen molar-refractivity contribution in [1.29, 1.82) is 0 Å². The van der Waals surface area contributed by atoms with Gasteiger partial charge in [-0.15, -0.1) is 0 Å². The molecule has 0 bridgehead atoms. The second-order valence-corrected chi connectivity index (χ2v) is 4.11. The number of nitrogens with zero attached hydrogens (tertiary/aromatic N) is 1. The van der Waals surface area contributed by atoms with Crippen LogP contribution in [0.1, 0.15) is 19.4 Å². The molecule has 0 heterocycles. The molecule has 0 fully saturated rings. The van der Waals surface area contributed by atoms with Gasteiger partial charge in [-0.1, -0.05) is 49.3 Å². The molecular formula is C18H22N2O3. The molecule has 0 spiro atoms. The molecule has 0 saturated carbocycles. The minimum atomic E-state index is -0.346. The third-order valence-corrected chi connectivity index (χ3v) is 2.74. The van der Waals surface area contributed by atoms with Crippen molar-refractivity contribution >= 4 is 11.6 Å². The fourth-order valence-electron chi connectivity index (χ4n) is 1.79. The molecule has 0 atom stereocenters. The smallest absolute Gasteiger partial charge is 0.273 e. The summed E-state index contributed by atoms with van der Waals surface area (Å²) in [5, 5.41) is 6.33. The van der Waals surface area contributed by atoms with Crippen molar-refractivity contribution in [3.05, 3.63) is 60.2 Å². The molecule has 0 aliphatic heterocycles. The van der Waals surface area contributed by atoms with Gasteiger partial charge in [0.05, 0.1) is 5.56 Å². The Kier molecular flexibility index (Phi) is 7.92. The van der Waals surface area contributed by atoms with Crippen LogP contribution in [0.5, 0.6) is 11.5 Å². The summed E-state index contributed by atoms with van der Waals surface area (Å²) < 4.78 is 5.82. The highest BCUT2D eigenvalue weighted by Crippen LogP contribution is 2.25. The molecule has 2 aromatic rings. The number of ether oxygens (including phenoxy) is 1. The minimum Gasteiger partial charge on any atom is -0.457 e. The van der Waals surface area contributed by atoms with Crippen LogP contribution in [-0.2, 0) is 9.63 Å². The number of nitrogens with one attached hydrogen (secondary N) is 1. The van der Waals surface area contributed by atoms with E-state index in [1.54, 1.807) is 18.2 Å². The lowest BCUT2D eigenvalue weighted by Crippen LogP contribution is -2.28. The predicted molar refractivity (Wildman–Crippen MR) is 91.9 cm³/mol. The normalized spacial score (nSPS) is 10.2. The summed E-state index contributed by atoms with van der Waals surface area (Å²) in [5.74, 6) is 0.864. The van der Waals surface area contributed by atoms with Crippen molar-refractivity contribution in [1.82, 2.24) is 5.32 Å². The van der Waals surface area contributed by atoms with Gasteiger partial charge in [0.2, 0.25) is 0 Å². The van der Waals surface area contributed by atoms with Gasteiger partial charge in [0.15, 0.2) is 5.71 Å². The first-order valence-corrected chi connectivity index (χ1v) is 7.41. The molecule has 0 aliphatic rings. The van der Waals surface area contributed by atoms with Crippen molar-refractivity contribution in [2.75, 3.05) is 14.2 Å². The average Bonchev–Trinajstić information content (AvgIpc) is 2.62. The summed E-state index contributed by atoms with van der Waals surface area (Å²) in [6.45, 7) is 4.00. The number of rotatable bonds is 5. The zero-order chi connectivity index (χ0) is 17.1. The monoisotopic (exact) mass is 314 g/mol. The Balaban J connectivity index is 0.00000127. The van der Waals surface area contributed by atoms with Gasteiger partial charge < -0.3 is 14.9 Å². The SMILES string of the molecule is CC.CNC(=O)/C(=N/OC)c1ccccc1Oc1ccccc1. The number of benzene rings is 2. The highest BCUT2D eigenvalue weighted by Gasteiger charge is 2.18. The summed E-state index contributed by atoms with van der Waals surface area (Å²) in [7, 11) is 2.93. The summed E-state index contributed by atoms with van der Waals surface area (Å²) in [6.07, 6.45) is 0. The first-order chi connectivity index (χ1) is 11.3. The molecule has 23 heavy (non-hydrogen) atoms. The van der Waals surface area contributed by atoms with Gasteiger partial charge in [0.1, 0.15) is 18.6 Å². The van der Waals surface area contributed by atoms with Crippen LogP contribution in [-0.4, -0.2) is 25.8 Å². The number of oxime groups is 1. The zero-order valence-corrected chi connectivity index (χ0v) is 13.9. The molecule has 0 radical (unpaired) electrons. The van der Waals surface area contributed by atoms with Crippen molar-refractivity contribution in [3.8, 4) is 11.5 Å². The van der Waals surface area contributed by atoms with Gasteiger partial charge in [0, 0.05) is 7.05 Å². The molecule has 122 valence electrons. The molecule has 0 aliphatic carbocycles. The Morgan fingerprint density at radius 3 is 2.22 bits per heavy atom. The molecule has 2 rings (SSSR count). The number of carbonyl (C=O) groups is 1. The molecule has 5 heteroatoms. The summed E-state index contributed by atoms with van der Waals surface area (Å²) in [6, 6.07) is 16.5. The van der Waals surface area contributed by atoms with Crippen molar-refractivity contribution in [2.24, 2.45) is 5.16 Å². The highest BCUT2D eigenvalue weighted by molar-refractivity contribution is 6.45. The Labute approximate surface area is 136 Å². The van der Waals surface area contributed by atoms with Crippen molar-refractivity contribution in [2.45, 2.75) is 13.8 Å². The molecule has 5 nitrogen and oxygen atoms in total. The largest absolute Gasteiger partial charge is 0.457 e. The lowest BCUT2D eigenvalue weighted by Gasteiger charge is -2.11. The Morgan fingerprint density at radius 2 is 1.61 bits per heavy atom. The van der Waals surface area contributed by atoms with E-state index in [0.717, 1.165) is 0 Å². The molecule has 0 aromatic heterocycles. The second-order valence-electron chi connectivity index (χ2n) is 4.11. The second kappa shape index (κ2) is 10.00. The Morgan fingerprint density at radius 1 is 1.00 bits per heavy atom. The predicted octanol–water partition coefficient (Wildman–Crippen LogP) is 3.60. The van der Waals surface area contributed by atoms with E-state index in [4.69, 9.17) is 9.57 Å². The minimum absolute atomic E-state index is 0.159. The van der Waals surface area contributed by atoms with Crippen LogP contribution in [0.4, 0.5) is 0 Å². The van der Waals surface area contributed by atoms with Crippen molar-refractivity contribution < 1.29 is 14.4 Å². The summed E-state index contributed by atoms with van der Waals surface area (Å²) >= 11 is 0. The Bertz CT molecular complexity index is 640. The van der Waals surface area contributed by atoms with Crippen LogP contribution in [0.3, 0.4) is 0 Å². The van der Waals surface area contributed by atoms with Crippen LogP contribution in [0.2, 0.25) is 0 Å². The van der Waals surface area contributed by atoms with E-state index < -0.39 is 0 Å². The highest BCUT2D eigenvalue weighted by atomic mass is 16.6. The number of amides is 1. The van der Waals surface area contributed by atoms with Gasteiger partial charge in [0.25, 0.3) is 5.91 Å². The topological polar surface area (TPSA) is 59.9 Å². The van der Waals surface area contributed by atoms with Crippen LogP contribution in [0.15, 0.2) is 59.8 Å². The third kappa shape index (κ3) is 5.14. The van der Waals surface area contributed by atoms with Gasteiger partial charge in [-0.05, 0) is 24.3 Å². The molecule has 1 amide bonds. The van der Waals surface area contributed by atoms with Gasteiger partial charge in [-0.3, -0.25) is 4.79 Å². The first-order valence-electron chi connectivity index (χ1n) is 7.41.